The SMILES string of the molecule is COC(C)CNC(=O)CCc1ccc(S(=O)(=O)Cl)cc1. The maximum Gasteiger partial charge on any atom is 0.261 e. The van der Waals surface area contributed by atoms with Crippen molar-refractivity contribution >= 4 is 25.6 Å². The lowest BCUT2D eigenvalue weighted by Gasteiger charge is -2.10. The zero-order valence-corrected chi connectivity index (χ0v) is 13.0. The fourth-order valence-electron chi connectivity index (χ4n) is 1.51. The number of benzene rings is 1. The second-order valence-electron chi connectivity index (χ2n) is 4.43. The third-order valence-electron chi connectivity index (χ3n) is 2.83. The predicted octanol–water partition coefficient (Wildman–Crippen LogP) is 1.70. The molecular weight excluding hydrogens is 302 g/mol. The standard InChI is InChI=1S/C13H18ClNO4S/c1-10(19-2)9-15-13(16)8-5-11-3-6-12(7-4-11)20(14,17)18/h3-4,6-7,10H,5,8-9H2,1-2H3,(H,15,16). The van der Waals surface area contributed by atoms with Gasteiger partial charge in [0.2, 0.25) is 5.91 Å². The zero-order chi connectivity index (χ0) is 15.2. The van der Waals surface area contributed by atoms with E-state index in [1.165, 1.54) is 12.1 Å². The van der Waals surface area contributed by atoms with Crippen molar-refractivity contribution in [3.05, 3.63) is 29.8 Å². The summed E-state index contributed by atoms with van der Waals surface area (Å²) < 4.78 is 27.2. The second-order valence-corrected chi connectivity index (χ2v) is 7.00. The van der Waals surface area contributed by atoms with Gasteiger partial charge in [-0.1, -0.05) is 12.1 Å². The van der Waals surface area contributed by atoms with E-state index in [1.807, 2.05) is 6.92 Å². The molecule has 1 atom stereocenters. The Morgan fingerprint density at radius 3 is 2.45 bits per heavy atom. The third-order valence-corrected chi connectivity index (χ3v) is 4.20. The first-order chi connectivity index (χ1) is 9.32. The second kappa shape index (κ2) is 7.61. The van der Waals surface area contributed by atoms with Crippen molar-refractivity contribution in [1.29, 1.82) is 0 Å². The zero-order valence-electron chi connectivity index (χ0n) is 11.4. The molecule has 0 bridgehead atoms. The number of carbonyl (C=O) groups is 1. The van der Waals surface area contributed by atoms with Crippen molar-refractivity contribution in [2.24, 2.45) is 0 Å². The van der Waals surface area contributed by atoms with Crippen LogP contribution in [0, 0.1) is 0 Å². The summed E-state index contributed by atoms with van der Waals surface area (Å²) in [6.45, 7) is 2.34. The van der Waals surface area contributed by atoms with Crippen LogP contribution < -0.4 is 5.32 Å². The Labute approximate surface area is 123 Å². The Hall–Kier alpha value is -1.11. The van der Waals surface area contributed by atoms with Crippen LogP contribution >= 0.6 is 10.7 Å². The lowest BCUT2D eigenvalue weighted by atomic mass is 10.1. The summed E-state index contributed by atoms with van der Waals surface area (Å²) in [5, 5.41) is 2.76. The van der Waals surface area contributed by atoms with E-state index in [0.717, 1.165) is 5.56 Å². The summed E-state index contributed by atoms with van der Waals surface area (Å²) in [7, 11) is 3.11. The topological polar surface area (TPSA) is 72.5 Å². The van der Waals surface area contributed by atoms with Crippen molar-refractivity contribution in [2.75, 3.05) is 13.7 Å². The minimum absolute atomic E-state index is 0.0211. The number of hydrogen-bond acceptors (Lipinski definition) is 4. The average Bonchev–Trinajstić information content (AvgIpc) is 2.41. The molecule has 0 spiro atoms. The number of hydrogen-bond donors (Lipinski definition) is 1. The van der Waals surface area contributed by atoms with Gasteiger partial charge in [-0.25, -0.2) is 8.42 Å². The van der Waals surface area contributed by atoms with Gasteiger partial charge in [0.25, 0.3) is 9.05 Å². The average molecular weight is 320 g/mol. The minimum Gasteiger partial charge on any atom is -0.380 e. The number of nitrogens with one attached hydrogen (secondary N) is 1. The molecule has 0 aliphatic carbocycles. The smallest absolute Gasteiger partial charge is 0.261 e. The van der Waals surface area contributed by atoms with Crippen LogP contribution in [-0.2, 0) is 25.0 Å². The van der Waals surface area contributed by atoms with Gasteiger partial charge >= 0.3 is 0 Å². The van der Waals surface area contributed by atoms with Gasteiger partial charge in [-0.2, -0.15) is 0 Å². The fourth-order valence-corrected chi connectivity index (χ4v) is 2.28. The molecule has 20 heavy (non-hydrogen) atoms. The van der Waals surface area contributed by atoms with Gasteiger partial charge in [0.05, 0.1) is 11.0 Å². The van der Waals surface area contributed by atoms with E-state index in [-0.39, 0.29) is 16.9 Å². The molecule has 0 saturated heterocycles. The first-order valence-electron chi connectivity index (χ1n) is 6.16. The number of aryl methyl sites for hydroxylation is 1. The number of amides is 1. The summed E-state index contributed by atoms with van der Waals surface area (Å²) >= 11 is 0. The summed E-state index contributed by atoms with van der Waals surface area (Å²) in [5.41, 5.74) is 0.879. The van der Waals surface area contributed by atoms with Crippen LogP contribution in [0.25, 0.3) is 0 Å². The van der Waals surface area contributed by atoms with Crippen molar-refractivity contribution in [2.45, 2.75) is 30.8 Å². The van der Waals surface area contributed by atoms with Gasteiger partial charge in [-0.15, -0.1) is 0 Å². The van der Waals surface area contributed by atoms with Crippen LogP contribution in [0.4, 0.5) is 0 Å². The van der Waals surface area contributed by atoms with E-state index in [4.69, 9.17) is 15.4 Å². The molecule has 0 radical (unpaired) electrons. The summed E-state index contributed by atoms with van der Waals surface area (Å²) in [6, 6.07) is 6.17. The summed E-state index contributed by atoms with van der Waals surface area (Å²) in [4.78, 5) is 11.6. The van der Waals surface area contributed by atoms with Gasteiger partial charge in [-0.05, 0) is 31.0 Å². The Morgan fingerprint density at radius 1 is 1.35 bits per heavy atom. The van der Waals surface area contributed by atoms with Crippen molar-refractivity contribution < 1.29 is 17.9 Å². The molecule has 0 fully saturated rings. The van der Waals surface area contributed by atoms with Crippen molar-refractivity contribution in [3.8, 4) is 0 Å². The van der Waals surface area contributed by atoms with E-state index in [2.05, 4.69) is 5.32 Å². The van der Waals surface area contributed by atoms with Gasteiger partial charge < -0.3 is 10.1 Å². The molecule has 7 heteroatoms. The van der Waals surface area contributed by atoms with Crippen LogP contribution in [-0.4, -0.2) is 34.1 Å². The molecule has 1 aromatic carbocycles. The van der Waals surface area contributed by atoms with Gasteiger partial charge in [0.15, 0.2) is 0 Å². The summed E-state index contributed by atoms with van der Waals surface area (Å²) in [6.07, 6.45) is 0.853. The Balaban J connectivity index is 2.44. The van der Waals surface area contributed by atoms with Crippen molar-refractivity contribution in [1.82, 2.24) is 5.32 Å². The van der Waals surface area contributed by atoms with Gasteiger partial charge in [0, 0.05) is 30.8 Å². The van der Waals surface area contributed by atoms with E-state index in [0.29, 0.717) is 19.4 Å². The third kappa shape index (κ3) is 5.90. The Morgan fingerprint density at radius 2 is 1.95 bits per heavy atom. The molecule has 0 heterocycles. The molecule has 112 valence electrons. The lowest BCUT2D eigenvalue weighted by Crippen LogP contribution is -2.31. The van der Waals surface area contributed by atoms with Crippen LogP contribution in [0.5, 0.6) is 0 Å². The maximum absolute atomic E-state index is 11.6. The van der Waals surface area contributed by atoms with Crippen molar-refractivity contribution in [3.63, 3.8) is 0 Å². The number of halogens is 1. The van der Waals surface area contributed by atoms with Crippen LogP contribution in [0.3, 0.4) is 0 Å². The highest BCUT2D eigenvalue weighted by Crippen LogP contribution is 2.15. The molecule has 1 N–H and O–H groups in total. The Kier molecular flexibility index (Phi) is 6.45. The quantitative estimate of drug-likeness (QED) is 0.776. The largest absolute Gasteiger partial charge is 0.380 e. The molecule has 0 saturated carbocycles. The molecule has 0 aliphatic heterocycles. The molecule has 0 aliphatic rings. The first kappa shape index (κ1) is 16.9. The summed E-state index contributed by atoms with van der Waals surface area (Å²) in [5.74, 6) is -0.0667. The number of methoxy groups -OCH3 is 1. The van der Waals surface area contributed by atoms with E-state index in [1.54, 1.807) is 19.2 Å². The van der Waals surface area contributed by atoms with E-state index < -0.39 is 9.05 Å². The van der Waals surface area contributed by atoms with Crippen LogP contribution in [0.1, 0.15) is 18.9 Å². The van der Waals surface area contributed by atoms with Gasteiger partial charge in [-0.3, -0.25) is 4.79 Å². The lowest BCUT2D eigenvalue weighted by molar-refractivity contribution is -0.121. The van der Waals surface area contributed by atoms with Crippen LogP contribution in [0.2, 0.25) is 0 Å². The van der Waals surface area contributed by atoms with E-state index in [9.17, 15) is 13.2 Å². The molecular formula is C13H18ClNO4S. The monoisotopic (exact) mass is 319 g/mol. The fraction of sp³-hybridized carbons (Fsp3) is 0.462. The van der Waals surface area contributed by atoms with E-state index >= 15 is 0 Å². The predicted molar refractivity (Wildman–Crippen MR) is 77.3 cm³/mol. The Bertz CT molecular complexity index is 542. The highest BCUT2D eigenvalue weighted by Gasteiger charge is 2.09. The normalized spacial score (nSPS) is 12.9. The molecule has 1 amide bonds. The molecule has 0 aromatic heterocycles. The highest BCUT2D eigenvalue weighted by molar-refractivity contribution is 8.13. The highest BCUT2D eigenvalue weighted by atomic mass is 35.7. The minimum atomic E-state index is -3.69. The molecule has 1 rings (SSSR count). The molecule has 1 aromatic rings. The van der Waals surface area contributed by atoms with Gasteiger partial charge in [0.1, 0.15) is 0 Å². The molecule has 5 nitrogen and oxygen atoms in total. The number of ether oxygens (including phenoxy) is 1. The number of rotatable bonds is 7. The first-order valence-corrected chi connectivity index (χ1v) is 8.47. The number of carbonyl (C=O) groups excluding carboxylic acids is 1. The van der Waals surface area contributed by atoms with Crippen LogP contribution in [0.15, 0.2) is 29.2 Å². The molecule has 1 unspecified atom stereocenters. The maximum atomic E-state index is 11.6.